The molecule has 2 heterocycles. The third-order valence-corrected chi connectivity index (χ3v) is 7.07. The molecule has 4 rings (SSSR count). The lowest BCUT2D eigenvalue weighted by molar-refractivity contribution is 0.190. The lowest BCUT2D eigenvalue weighted by atomic mass is 10.1. The molecule has 0 unspecified atom stereocenters. The van der Waals surface area contributed by atoms with Crippen LogP contribution in [0.2, 0.25) is 0 Å². The summed E-state index contributed by atoms with van der Waals surface area (Å²) in [5, 5.41) is 1.74. The molecule has 0 spiro atoms. The number of sulfonamides is 1. The van der Waals surface area contributed by atoms with Crippen LogP contribution in [0.1, 0.15) is 5.69 Å². The van der Waals surface area contributed by atoms with Gasteiger partial charge in [-0.25, -0.2) is 8.42 Å². The molecule has 0 bridgehead atoms. The van der Waals surface area contributed by atoms with Gasteiger partial charge in [-0.1, -0.05) is 42.5 Å². The van der Waals surface area contributed by atoms with Crippen molar-refractivity contribution in [3.8, 4) is 0 Å². The van der Waals surface area contributed by atoms with Gasteiger partial charge in [0.05, 0.1) is 4.90 Å². The molecule has 0 radical (unpaired) electrons. The Morgan fingerprint density at radius 2 is 1.59 bits per heavy atom. The topological polar surface area (TPSA) is 53.5 Å². The number of hydrogen-bond donors (Lipinski definition) is 0. The second kappa shape index (κ2) is 7.76. The molecule has 0 atom stereocenters. The van der Waals surface area contributed by atoms with Gasteiger partial charge < -0.3 is 4.90 Å². The smallest absolute Gasteiger partial charge is 0.243 e. The van der Waals surface area contributed by atoms with Crippen LogP contribution in [0.3, 0.4) is 0 Å². The van der Waals surface area contributed by atoms with Gasteiger partial charge in [0, 0.05) is 56.4 Å². The zero-order valence-corrected chi connectivity index (χ0v) is 16.0. The summed E-state index contributed by atoms with van der Waals surface area (Å²) in [5.41, 5.74) is 1.07. The summed E-state index contributed by atoms with van der Waals surface area (Å²) in [4.78, 5) is 7.07. The van der Waals surface area contributed by atoms with Crippen molar-refractivity contribution < 1.29 is 8.42 Å². The van der Waals surface area contributed by atoms with Gasteiger partial charge in [0.2, 0.25) is 10.0 Å². The summed E-state index contributed by atoms with van der Waals surface area (Å²) in [7, 11) is -3.48. The monoisotopic (exact) mass is 381 g/mol. The number of piperazine rings is 1. The highest BCUT2D eigenvalue weighted by atomic mass is 32.2. The Morgan fingerprint density at radius 3 is 2.37 bits per heavy atom. The third kappa shape index (κ3) is 3.88. The molecule has 1 aromatic heterocycles. The van der Waals surface area contributed by atoms with E-state index >= 15 is 0 Å². The lowest BCUT2D eigenvalue weighted by Crippen LogP contribution is -2.49. The maximum Gasteiger partial charge on any atom is 0.243 e. The lowest BCUT2D eigenvalue weighted by Gasteiger charge is -2.34. The van der Waals surface area contributed by atoms with Gasteiger partial charge in [-0.3, -0.25) is 4.98 Å². The van der Waals surface area contributed by atoms with Gasteiger partial charge in [0.15, 0.2) is 0 Å². The van der Waals surface area contributed by atoms with Gasteiger partial charge in [-0.2, -0.15) is 4.31 Å². The summed E-state index contributed by atoms with van der Waals surface area (Å²) in [6.07, 6.45) is 2.70. The minimum absolute atomic E-state index is 0.405. The van der Waals surface area contributed by atoms with Crippen molar-refractivity contribution in [2.45, 2.75) is 11.3 Å². The van der Waals surface area contributed by atoms with Crippen LogP contribution in [0, 0.1) is 0 Å². The van der Waals surface area contributed by atoms with Crippen LogP contribution >= 0.6 is 0 Å². The van der Waals surface area contributed by atoms with Crippen LogP contribution in [-0.2, 0) is 16.4 Å². The van der Waals surface area contributed by atoms with Crippen molar-refractivity contribution in [3.05, 3.63) is 72.6 Å². The molecule has 1 aliphatic heterocycles. The van der Waals surface area contributed by atoms with E-state index in [1.165, 1.54) is 0 Å². The van der Waals surface area contributed by atoms with E-state index in [0.717, 1.165) is 42.5 Å². The Hall–Kier alpha value is -2.28. The second-order valence-corrected chi connectivity index (χ2v) is 8.70. The van der Waals surface area contributed by atoms with Crippen molar-refractivity contribution in [3.63, 3.8) is 0 Å². The molecule has 0 N–H and O–H groups in total. The first-order chi connectivity index (χ1) is 13.1. The first-order valence-corrected chi connectivity index (χ1v) is 10.7. The van der Waals surface area contributed by atoms with Crippen molar-refractivity contribution in [1.29, 1.82) is 0 Å². The molecule has 5 nitrogen and oxygen atoms in total. The van der Waals surface area contributed by atoms with E-state index in [4.69, 9.17) is 0 Å². The number of hydrogen-bond acceptors (Lipinski definition) is 4. The molecule has 1 aliphatic rings. The standard InChI is InChI=1S/C21H23N3O2S/c25-27(26,21-10-5-7-18-6-1-2-9-20(18)21)24-16-14-23(15-17-24)13-11-19-8-3-4-12-22-19/h1-10,12H,11,13-17H2. The fourth-order valence-corrected chi connectivity index (χ4v) is 5.21. The van der Waals surface area contributed by atoms with Crippen LogP contribution in [0.15, 0.2) is 71.8 Å². The molecule has 140 valence electrons. The van der Waals surface area contributed by atoms with Crippen molar-refractivity contribution in [2.75, 3.05) is 32.7 Å². The third-order valence-electron chi connectivity index (χ3n) is 5.11. The Kier molecular flexibility index (Phi) is 5.20. The molecule has 3 aromatic rings. The number of nitrogens with zero attached hydrogens (tertiary/aromatic N) is 3. The quantitative estimate of drug-likeness (QED) is 0.682. The van der Waals surface area contributed by atoms with Gasteiger partial charge in [0.25, 0.3) is 0 Å². The van der Waals surface area contributed by atoms with Crippen molar-refractivity contribution >= 4 is 20.8 Å². The fraction of sp³-hybridized carbons (Fsp3) is 0.286. The van der Waals surface area contributed by atoms with Gasteiger partial charge >= 0.3 is 0 Å². The number of rotatable bonds is 5. The second-order valence-electron chi connectivity index (χ2n) is 6.79. The Morgan fingerprint density at radius 1 is 0.852 bits per heavy atom. The van der Waals surface area contributed by atoms with Crippen LogP contribution in [0.4, 0.5) is 0 Å². The molecule has 1 fully saturated rings. The zero-order chi connectivity index (χ0) is 18.7. The van der Waals surface area contributed by atoms with E-state index in [1.807, 2.05) is 60.8 Å². The Balaban J connectivity index is 1.44. The molecular weight excluding hydrogens is 358 g/mol. The van der Waals surface area contributed by atoms with Crippen LogP contribution < -0.4 is 0 Å². The summed E-state index contributed by atoms with van der Waals surface area (Å²) in [5.74, 6) is 0. The normalized spacial score (nSPS) is 16.6. The summed E-state index contributed by atoms with van der Waals surface area (Å²) in [6.45, 7) is 3.44. The van der Waals surface area contributed by atoms with Gasteiger partial charge in [-0.15, -0.1) is 0 Å². The molecular formula is C21H23N3O2S. The van der Waals surface area contributed by atoms with Crippen molar-refractivity contribution in [1.82, 2.24) is 14.2 Å². The summed E-state index contributed by atoms with van der Waals surface area (Å²) in [6, 6.07) is 19.1. The Labute approximate surface area is 160 Å². The fourth-order valence-electron chi connectivity index (χ4n) is 3.57. The number of pyridine rings is 1. The van der Waals surface area contributed by atoms with Gasteiger partial charge in [-0.05, 0) is 23.6 Å². The largest absolute Gasteiger partial charge is 0.300 e. The van der Waals surface area contributed by atoms with E-state index in [0.29, 0.717) is 18.0 Å². The molecule has 0 aliphatic carbocycles. The molecule has 0 amide bonds. The van der Waals surface area contributed by atoms with E-state index in [2.05, 4.69) is 9.88 Å². The van der Waals surface area contributed by atoms with Gasteiger partial charge in [0.1, 0.15) is 0 Å². The molecule has 2 aromatic carbocycles. The zero-order valence-electron chi connectivity index (χ0n) is 15.2. The number of fused-ring (bicyclic) bond motifs is 1. The van der Waals surface area contributed by atoms with E-state index in [1.54, 1.807) is 10.4 Å². The van der Waals surface area contributed by atoms with Crippen molar-refractivity contribution in [2.24, 2.45) is 0 Å². The predicted octanol–water partition coefficient (Wildman–Crippen LogP) is 2.78. The Bertz CT molecular complexity index is 1010. The maximum absolute atomic E-state index is 13.2. The highest BCUT2D eigenvalue weighted by molar-refractivity contribution is 7.89. The highest BCUT2D eigenvalue weighted by Crippen LogP contribution is 2.26. The van der Waals surface area contributed by atoms with Crippen LogP contribution in [0.25, 0.3) is 10.8 Å². The summed E-state index contributed by atoms with van der Waals surface area (Å²) < 4.78 is 28.0. The van der Waals surface area contributed by atoms with Crippen LogP contribution in [0.5, 0.6) is 0 Å². The minimum atomic E-state index is -3.48. The molecule has 0 saturated carbocycles. The minimum Gasteiger partial charge on any atom is -0.300 e. The predicted molar refractivity (Wildman–Crippen MR) is 107 cm³/mol. The first kappa shape index (κ1) is 18.1. The molecule has 27 heavy (non-hydrogen) atoms. The van der Waals surface area contributed by atoms with E-state index in [9.17, 15) is 8.42 Å². The van der Waals surface area contributed by atoms with E-state index < -0.39 is 10.0 Å². The molecule has 6 heteroatoms. The first-order valence-electron chi connectivity index (χ1n) is 9.25. The number of aromatic nitrogens is 1. The molecule has 1 saturated heterocycles. The number of benzene rings is 2. The highest BCUT2D eigenvalue weighted by Gasteiger charge is 2.29. The maximum atomic E-state index is 13.2. The average molecular weight is 382 g/mol. The average Bonchev–Trinajstić information content (AvgIpc) is 2.73. The van der Waals surface area contributed by atoms with Crippen LogP contribution in [-0.4, -0.2) is 55.3 Å². The SMILES string of the molecule is O=S(=O)(c1cccc2ccccc12)N1CCN(CCc2ccccn2)CC1. The summed E-state index contributed by atoms with van der Waals surface area (Å²) >= 11 is 0. The van der Waals surface area contributed by atoms with E-state index in [-0.39, 0.29) is 0 Å².